The number of carbonyl (C=O) groups is 1. The Morgan fingerprint density at radius 2 is 1.46 bits per heavy atom. The molecular weight excluding hydrogens is 444 g/mol. The lowest BCUT2D eigenvalue weighted by atomic mass is 9.91. The van der Waals surface area contributed by atoms with Crippen LogP contribution in [0.2, 0.25) is 0 Å². The third kappa shape index (κ3) is 6.98. The molecule has 2 unspecified atom stereocenters. The molecule has 0 N–H and O–H groups in total. The van der Waals surface area contributed by atoms with Gasteiger partial charge in [-0.15, -0.1) is 0 Å². The minimum atomic E-state index is -0.565. The van der Waals surface area contributed by atoms with Crippen LogP contribution in [0.3, 0.4) is 0 Å². The molecule has 1 aliphatic carbocycles. The van der Waals surface area contributed by atoms with Gasteiger partial charge in [0.05, 0.1) is 18.6 Å². The average Bonchev–Trinajstić information content (AvgIpc) is 2.83. The number of ether oxygens (including phenoxy) is 5. The first-order chi connectivity index (χ1) is 16.8. The van der Waals surface area contributed by atoms with E-state index in [-0.39, 0.29) is 18.2 Å². The van der Waals surface area contributed by atoms with Crippen molar-refractivity contribution in [3.05, 3.63) is 53.1 Å². The summed E-state index contributed by atoms with van der Waals surface area (Å²) in [6.07, 6.45) is 4.23. The molecule has 192 valence electrons. The van der Waals surface area contributed by atoms with Gasteiger partial charge in [0.2, 0.25) is 0 Å². The summed E-state index contributed by atoms with van der Waals surface area (Å²) in [5, 5.41) is 0. The van der Waals surface area contributed by atoms with E-state index < -0.39 is 5.41 Å². The van der Waals surface area contributed by atoms with Gasteiger partial charge in [-0.2, -0.15) is 0 Å². The van der Waals surface area contributed by atoms with Crippen LogP contribution in [0.15, 0.2) is 36.4 Å². The van der Waals surface area contributed by atoms with Gasteiger partial charge in [-0.1, -0.05) is 36.8 Å². The van der Waals surface area contributed by atoms with Crippen molar-refractivity contribution in [3.8, 4) is 17.2 Å². The number of hydrogen-bond acceptors (Lipinski definition) is 6. The highest BCUT2D eigenvalue weighted by Gasteiger charge is 2.32. The monoisotopic (exact) mass is 484 g/mol. The molecule has 0 aliphatic heterocycles. The van der Waals surface area contributed by atoms with E-state index in [9.17, 15) is 4.79 Å². The number of carbonyl (C=O) groups excluding carboxylic acids is 1. The van der Waals surface area contributed by atoms with Crippen molar-refractivity contribution in [3.63, 3.8) is 0 Å². The summed E-state index contributed by atoms with van der Waals surface area (Å²) in [4.78, 5) is 12.7. The summed E-state index contributed by atoms with van der Waals surface area (Å²) in [7, 11) is 3.37. The van der Waals surface area contributed by atoms with Crippen molar-refractivity contribution in [1.82, 2.24) is 0 Å². The van der Waals surface area contributed by atoms with Crippen molar-refractivity contribution < 1.29 is 28.5 Å². The van der Waals surface area contributed by atoms with Crippen molar-refractivity contribution in [1.29, 1.82) is 0 Å². The predicted octanol–water partition coefficient (Wildman–Crippen LogP) is 6.40. The largest absolute Gasteiger partial charge is 0.486 e. The van der Waals surface area contributed by atoms with Crippen molar-refractivity contribution in [2.24, 2.45) is 5.41 Å². The summed E-state index contributed by atoms with van der Waals surface area (Å²) in [6.45, 7) is 8.73. The molecule has 0 radical (unpaired) electrons. The lowest BCUT2D eigenvalue weighted by molar-refractivity contribution is -0.144. The van der Waals surface area contributed by atoms with Crippen molar-refractivity contribution in [2.45, 2.75) is 85.2 Å². The van der Waals surface area contributed by atoms with E-state index in [1.165, 1.54) is 0 Å². The molecule has 35 heavy (non-hydrogen) atoms. The predicted molar refractivity (Wildman–Crippen MR) is 136 cm³/mol. The Morgan fingerprint density at radius 1 is 0.914 bits per heavy atom. The maximum atomic E-state index is 12.7. The highest BCUT2D eigenvalue weighted by Crippen LogP contribution is 2.36. The maximum absolute atomic E-state index is 12.7. The average molecular weight is 485 g/mol. The minimum absolute atomic E-state index is 0.145. The zero-order valence-corrected chi connectivity index (χ0v) is 22.0. The van der Waals surface area contributed by atoms with Crippen LogP contribution in [0.25, 0.3) is 0 Å². The number of hydrogen-bond donors (Lipinski definition) is 0. The van der Waals surface area contributed by atoms with E-state index in [0.29, 0.717) is 31.1 Å². The number of benzene rings is 2. The van der Waals surface area contributed by atoms with E-state index in [1.54, 1.807) is 20.3 Å². The van der Waals surface area contributed by atoms with Crippen LogP contribution >= 0.6 is 0 Å². The molecule has 1 fully saturated rings. The van der Waals surface area contributed by atoms with Crippen LogP contribution in [0.1, 0.15) is 69.6 Å². The molecule has 6 heteroatoms. The quantitative estimate of drug-likeness (QED) is 0.272. The van der Waals surface area contributed by atoms with E-state index in [0.717, 1.165) is 48.1 Å². The third-order valence-electron chi connectivity index (χ3n) is 6.66. The Hall–Kier alpha value is -2.57. The fourth-order valence-electron chi connectivity index (χ4n) is 4.27. The van der Waals surface area contributed by atoms with Gasteiger partial charge < -0.3 is 23.7 Å². The Labute approximate surface area is 209 Å². The smallest absolute Gasteiger partial charge is 0.317 e. The second-order valence-corrected chi connectivity index (χ2v) is 9.95. The third-order valence-corrected chi connectivity index (χ3v) is 6.66. The highest BCUT2D eigenvalue weighted by atomic mass is 16.6. The maximum Gasteiger partial charge on any atom is 0.317 e. The zero-order valence-electron chi connectivity index (χ0n) is 22.0. The van der Waals surface area contributed by atoms with Crippen LogP contribution < -0.4 is 14.2 Å². The van der Waals surface area contributed by atoms with Gasteiger partial charge in [0.25, 0.3) is 0 Å². The fourth-order valence-corrected chi connectivity index (χ4v) is 4.27. The highest BCUT2D eigenvalue weighted by molar-refractivity contribution is 5.78. The fraction of sp³-hybridized carbons (Fsp3) is 0.552. The Bertz CT molecular complexity index is 956. The van der Waals surface area contributed by atoms with E-state index in [1.807, 2.05) is 39.0 Å². The lowest BCUT2D eigenvalue weighted by Gasteiger charge is -2.34. The Balaban J connectivity index is 1.85. The van der Waals surface area contributed by atoms with Gasteiger partial charge in [0.1, 0.15) is 18.0 Å². The molecule has 0 saturated heterocycles. The molecule has 0 heterocycles. The van der Waals surface area contributed by atoms with Crippen molar-refractivity contribution in [2.75, 3.05) is 14.2 Å². The number of rotatable bonds is 11. The van der Waals surface area contributed by atoms with Crippen LogP contribution in [-0.2, 0) is 27.5 Å². The normalized spacial score (nSPS) is 18.2. The van der Waals surface area contributed by atoms with Crippen LogP contribution in [0.5, 0.6) is 17.2 Å². The summed E-state index contributed by atoms with van der Waals surface area (Å²) < 4.78 is 29.8. The Morgan fingerprint density at radius 3 is 2.00 bits per heavy atom. The standard InChI is InChI=1S/C29H40O6/c1-7-29(3,4)28(30)35-26-15-11-9-13-24(26)33-23-12-8-10-14-25(23)34-27-21(18-31-5)16-20(2)17-22(27)19-32-6/h9,11,13,15-17,23,25H,7-8,10,12,14,18-19H2,1-6H3. The first-order valence-electron chi connectivity index (χ1n) is 12.5. The van der Waals surface area contributed by atoms with Gasteiger partial charge in [0, 0.05) is 25.3 Å². The minimum Gasteiger partial charge on any atom is -0.486 e. The molecule has 1 aliphatic rings. The molecule has 0 aromatic heterocycles. The van der Waals surface area contributed by atoms with E-state index >= 15 is 0 Å². The van der Waals surface area contributed by atoms with Gasteiger partial charge in [-0.05, 0) is 65.0 Å². The first kappa shape index (κ1) is 27.0. The topological polar surface area (TPSA) is 63.2 Å². The second-order valence-electron chi connectivity index (χ2n) is 9.95. The number of para-hydroxylation sites is 2. The van der Waals surface area contributed by atoms with E-state index in [4.69, 9.17) is 23.7 Å². The molecule has 0 spiro atoms. The summed E-state index contributed by atoms with van der Waals surface area (Å²) in [5.41, 5.74) is 2.57. The van der Waals surface area contributed by atoms with Gasteiger partial charge >= 0.3 is 5.97 Å². The lowest BCUT2D eigenvalue weighted by Crippen LogP contribution is -2.39. The van der Waals surface area contributed by atoms with Gasteiger partial charge in [-0.3, -0.25) is 4.79 Å². The SMILES string of the molecule is CCC(C)(C)C(=O)Oc1ccccc1OC1CCCCC1Oc1c(COC)cc(C)cc1COC. The summed E-state index contributed by atoms with van der Waals surface area (Å²) >= 11 is 0. The van der Waals surface area contributed by atoms with Gasteiger partial charge in [-0.25, -0.2) is 0 Å². The molecule has 2 aromatic carbocycles. The van der Waals surface area contributed by atoms with Crippen LogP contribution in [0.4, 0.5) is 0 Å². The molecule has 3 rings (SSSR count). The molecule has 2 aromatic rings. The summed E-state index contributed by atoms with van der Waals surface area (Å²) in [5.74, 6) is 1.55. The van der Waals surface area contributed by atoms with E-state index in [2.05, 4.69) is 19.1 Å². The molecule has 1 saturated carbocycles. The van der Waals surface area contributed by atoms with Crippen molar-refractivity contribution >= 4 is 5.97 Å². The molecule has 0 bridgehead atoms. The van der Waals surface area contributed by atoms with Crippen LogP contribution in [-0.4, -0.2) is 32.4 Å². The van der Waals surface area contributed by atoms with Gasteiger partial charge in [0.15, 0.2) is 11.5 Å². The first-order valence-corrected chi connectivity index (χ1v) is 12.5. The molecule has 6 nitrogen and oxygen atoms in total. The second kappa shape index (κ2) is 12.4. The molecule has 2 atom stereocenters. The molecular formula is C29H40O6. The number of methoxy groups -OCH3 is 2. The summed E-state index contributed by atoms with van der Waals surface area (Å²) in [6, 6.07) is 11.6. The Kier molecular flexibility index (Phi) is 9.58. The number of esters is 1. The zero-order chi connectivity index (χ0) is 25.4. The van der Waals surface area contributed by atoms with Crippen LogP contribution in [0, 0.1) is 12.3 Å². The number of aryl methyl sites for hydroxylation is 1. The molecule has 0 amide bonds.